The van der Waals surface area contributed by atoms with E-state index < -0.39 is 0 Å². The van der Waals surface area contributed by atoms with E-state index in [9.17, 15) is 4.79 Å². The molecule has 1 amide bonds. The Kier molecular flexibility index (Phi) is 5.43. The Labute approximate surface area is 116 Å². The van der Waals surface area contributed by atoms with Gasteiger partial charge >= 0.3 is 0 Å². The molecule has 1 saturated heterocycles. The van der Waals surface area contributed by atoms with Gasteiger partial charge in [-0.15, -0.1) is 12.4 Å². The summed E-state index contributed by atoms with van der Waals surface area (Å²) in [6.07, 6.45) is 0.929. The van der Waals surface area contributed by atoms with E-state index in [2.05, 4.69) is 26.6 Å². The summed E-state index contributed by atoms with van der Waals surface area (Å²) in [5, 5.41) is 6.13. The second-order valence-corrected chi connectivity index (χ2v) is 5.00. The quantitative estimate of drug-likeness (QED) is 0.880. The minimum absolute atomic E-state index is 0. The molecule has 1 atom stereocenters. The number of nitrogens with one attached hydrogen (secondary N) is 2. The maximum Gasteiger partial charge on any atom is 0.228 e. The second kappa shape index (κ2) is 6.38. The number of amides is 1. The van der Waals surface area contributed by atoms with Gasteiger partial charge in [0.2, 0.25) is 5.91 Å². The van der Waals surface area contributed by atoms with Crippen molar-refractivity contribution in [3.63, 3.8) is 0 Å². The molecule has 0 spiro atoms. The summed E-state index contributed by atoms with van der Waals surface area (Å²) >= 11 is 3.46. The first-order valence-electron chi connectivity index (χ1n) is 5.44. The van der Waals surface area contributed by atoms with Gasteiger partial charge in [-0.3, -0.25) is 4.79 Å². The van der Waals surface area contributed by atoms with Gasteiger partial charge in [0.25, 0.3) is 0 Å². The van der Waals surface area contributed by atoms with E-state index in [0.29, 0.717) is 0 Å². The molecule has 2 rings (SSSR count). The Balaban J connectivity index is 0.00000144. The normalized spacial score (nSPS) is 18.6. The number of anilines is 1. The average Bonchev–Trinajstić information content (AvgIpc) is 2.77. The van der Waals surface area contributed by atoms with E-state index in [0.717, 1.165) is 29.7 Å². The highest BCUT2D eigenvalue weighted by Crippen LogP contribution is 2.21. The third kappa shape index (κ3) is 3.69. The lowest BCUT2D eigenvalue weighted by Gasteiger charge is -2.10. The lowest BCUT2D eigenvalue weighted by Crippen LogP contribution is -2.24. The zero-order chi connectivity index (χ0) is 11.5. The molecule has 0 aromatic heterocycles. The van der Waals surface area contributed by atoms with Crippen LogP contribution >= 0.6 is 28.3 Å². The van der Waals surface area contributed by atoms with Gasteiger partial charge in [0.1, 0.15) is 0 Å². The molecule has 94 valence electrons. The molecule has 1 unspecified atom stereocenters. The fraction of sp³-hybridized carbons (Fsp3) is 0.417. The SMILES string of the molecule is Cc1ccc(NC(=O)C2CCNC2)cc1Br.Cl. The molecule has 3 nitrogen and oxygen atoms in total. The highest BCUT2D eigenvalue weighted by Gasteiger charge is 2.22. The van der Waals surface area contributed by atoms with Crippen LogP contribution in [-0.4, -0.2) is 19.0 Å². The molecule has 1 aromatic carbocycles. The zero-order valence-electron chi connectivity index (χ0n) is 9.63. The van der Waals surface area contributed by atoms with Gasteiger partial charge in [-0.2, -0.15) is 0 Å². The number of hydrogen-bond donors (Lipinski definition) is 2. The molecule has 1 heterocycles. The van der Waals surface area contributed by atoms with Crippen molar-refractivity contribution in [2.75, 3.05) is 18.4 Å². The van der Waals surface area contributed by atoms with Crippen LogP contribution in [0.15, 0.2) is 22.7 Å². The monoisotopic (exact) mass is 318 g/mol. The van der Waals surface area contributed by atoms with E-state index in [4.69, 9.17) is 0 Å². The summed E-state index contributed by atoms with van der Waals surface area (Å²) < 4.78 is 1.02. The van der Waals surface area contributed by atoms with Crippen molar-refractivity contribution < 1.29 is 4.79 Å². The average molecular weight is 320 g/mol. The van der Waals surface area contributed by atoms with Gasteiger partial charge in [0, 0.05) is 16.7 Å². The number of benzene rings is 1. The summed E-state index contributed by atoms with van der Waals surface area (Å²) in [5.74, 6) is 0.223. The molecule has 0 radical (unpaired) electrons. The van der Waals surface area contributed by atoms with Gasteiger partial charge in [-0.25, -0.2) is 0 Å². The minimum atomic E-state index is 0. The first-order chi connectivity index (χ1) is 7.66. The number of aryl methyl sites for hydroxylation is 1. The van der Waals surface area contributed by atoms with Gasteiger partial charge in [-0.1, -0.05) is 22.0 Å². The first-order valence-corrected chi connectivity index (χ1v) is 6.24. The predicted octanol–water partition coefficient (Wildman–Crippen LogP) is 2.73. The lowest BCUT2D eigenvalue weighted by atomic mass is 10.1. The van der Waals surface area contributed by atoms with E-state index >= 15 is 0 Å². The zero-order valence-corrected chi connectivity index (χ0v) is 12.0. The Morgan fingerprint density at radius 3 is 2.88 bits per heavy atom. The molecule has 1 fully saturated rings. The first kappa shape index (κ1) is 14.5. The molecule has 0 bridgehead atoms. The fourth-order valence-corrected chi connectivity index (χ4v) is 2.17. The lowest BCUT2D eigenvalue weighted by molar-refractivity contribution is -0.119. The van der Waals surface area contributed by atoms with Crippen LogP contribution in [0.3, 0.4) is 0 Å². The third-order valence-corrected chi connectivity index (χ3v) is 3.72. The predicted molar refractivity (Wildman–Crippen MR) is 75.7 cm³/mol. The van der Waals surface area contributed by atoms with Gasteiger partial charge in [0.15, 0.2) is 0 Å². The highest BCUT2D eigenvalue weighted by atomic mass is 79.9. The minimum Gasteiger partial charge on any atom is -0.326 e. The molecule has 0 saturated carbocycles. The number of carbonyl (C=O) groups excluding carboxylic acids is 1. The molecule has 5 heteroatoms. The van der Waals surface area contributed by atoms with Crippen molar-refractivity contribution in [2.45, 2.75) is 13.3 Å². The Bertz CT molecular complexity index is 405. The van der Waals surface area contributed by atoms with Crippen molar-refractivity contribution in [1.29, 1.82) is 0 Å². The van der Waals surface area contributed by atoms with E-state index in [1.165, 1.54) is 5.56 Å². The van der Waals surface area contributed by atoms with Crippen LogP contribution in [0.4, 0.5) is 5.69 Å². The van der Waals surface area contributed by atoms with E-state index in [1.807, 2.05) is 25.1 Å². The molecule has 1 aromatic rings. The van der Waals surface area contributed by atoms with Gasteiger partial charge in [-0.05, 0) is 37.6 Å². The fourth-order valence-electron chi connectivity index (χ4n) is 1.79. The number of rotatable bonds is 2. The second-order valence-electron chi connectivity index (χ2n) is 4.14. The summed E-state index contributed by atoms with van der Waals surface area (Å²) in [6, 6.07) is 5.86. The van der Waals surface area contributed by atoms with Gasteiger partial charge < -0.3 is 10.6 Å². The van der Waals surface area contributed by atoms with Crippen LogP contribution in [0.2, 0.25) is 0 Å². The molecular formula is C12H16BrClN2O. The van der Waals surface area contributed by atoms with Crippen LogP contribution in [-0.2, 0) is 4.79 Å². The molecule has 17 heavy (non-hydrogen) atoms. The summed E-state index contributed by atoms with van der Waals surface area (Å²) in [7, 11) is 0. The van der Waals surface area contributed by atoms with Crippen molar-refractivity contribution >= 4 is 39.9 Å². The standard InChI is InChI=1S/C12H15BrN2O.ClH/c1-8-2-3-10(6-11(8)13)15-12(16)9-4-5-14-7-9;/h2-3,6,9,14H,4-5,7H2,1H3,(H,15,16);1H. The largest absolute Gasteiger partial charge is 0.326 e. The number of hydrogen-bond acceptors (Lipinski definition) is 2. The maximum absolute atomic E-state index is 11.8. The molecule has 0 aliphatic carbocycles. The van der Waals surface area contributed by atoms with Crippen molar-refractivity contribution in [3.8, 4) is 0 Å². The van der Waals surface area contributed by atoms with Crippen LogP contribution < -0.4 is 10.6 Å². The van der Waals surface area contributed by atoms with Crippen LogP contribution in [0.25, 0.3) is 0 Å². The smallest absolute Gasteiger partial charge is 0.228 e. The van der Waals surface area contributed by atoms with Crippen molar-refractivity contribution in [2.24, 2.45) is 5.92 Å². The number of halogens is 2. The Morgan fingerprint density at radius 2 is 2.29 bits per heavy atom. The highest BCUT2D eigenvalue weighted by molar-refractivity contribution is 9.10. The Morgan fingerprint density at radius 1 is 1.53 bits per heavy atom. The molecule has 1 aliphatic rings. The van der Waals surface area contributed by atoms with Crippen LogP contribution in [0, 0.1) is 12.8 Å². The van der Waals surface area contributed by atoms with Gasteiger partial charge in [0.05, 0.1) is 5.92 Å². The maximum atomic E-state index is 11.8. The van der Waals surface area contributed by atoms with Crippen molar-refractivity contribution in [1.82, 2.24) is 5.32 Å². The molecular weight excluding hydrogens is 304 g/mol. The van der Waals surface area contributed by atoms with Crippen molar-refractivity contribution in [3.05, 3.63) is 28.2 Å². The molecule has 2 N–H and O–H groups in total. The van der Waals surface area contributed by atoms with Crippen LogP contribution in [0.5, 0.6) is 0 Å². The molecule has 1 aliphatic heterocycles. The number of carbonyl (C=O) groups is 1. The summed E-state index contributed by atoms with van der Waals surface area (Å²) in [4.78, 5) is 11.8. The van der Waals surface area contributed by atoms with E-state index in [1.54, 1.807) is 0 Å². The summed E-state index contributed by atoms with van der Waals surface area (Å²) in [5.41, 5.74) is 2.02. The third-order valence-electron chi connectivity index (χ3n) is 2.87. The topological polar surface area (TPSA) is 41.1 Å². The Hall–Kier alpha value is -0.580. The summed E-state index contributed by atoms with van der Waals surface area (Å²) in [6.45, 7) is 3.76. The van der Waals surface area contributed by atoms with E-state index in [-0.39, 0.29) is 24.2 Å². The van der Waals surface area contributed by atoms with Crippen LogP contribution in [0.1, 0.15) is 12.0 Å².